The maximum absolute atomic E-state index is 12.7. The van der Waals surface area contributed by atoms with Crippen molar-refractivity contribution in [2.75, 3.05) is 27.3 Å². The zero-order valence-corrected chi connectivity index (χ0v) is 18.7. The van der Waals surface area contributed by atoms with E-state index in [1.54, 1.807) is 13.8 Å². The molecule has 3 heterocycles. The Morgan fingerprint density at radius 2 is 1.94 bits per heavy atom. The van der Waals surface area contributed by atoms with Crippen LogP contribution in [0.3, 0.4) is 0 Å². The van der Waals surface area contributed by atoms with E-state index in [1.165, 1.54) is 31.6 Å². The van der Waals surface area contributed by atoms with Gasteiger partial charge < -0.3 is 38.9 Å². The topological polar surface area (TPSA) is 111 Å². The largest absolute Gasteiger partial charge is 0.463 e. The molecule has 176 valence electrons. The number of nitrogens with zero attached hydrogens (tertiary/aromatic N) is 1. The maximum Gasteiger partial charge on any atom is 0.417 e. The van der Waals surface area contributed by atoms with Gasteiger partial charge in [0, 0.05) is 20.8 Å². The van der Waals surface area contributed by atoms with Gasteiger partial charge in [-0.05, 0) is 32.3 Å². The number of allylic oxidation sites excluding steroid dienone is 4. The van der Waals surface area contributed by atoms with E-state index in [-0.39, 0.29) is 19.0 Å². The number of rotatable bonds is 6. The van der Waals surface area contributed by atoms with E-state index < -0.39 is 36.0 Å². The van der Waals surface area contributed by atoms with Gasteiger partial charge in [-0.3, -0.25) is 0 Å². The number of hydrogen-bond donors (Lipinski definition) is 1. The van der Waals surface area contributed by atoms with E-state index in [0.717, 1.165) is 18.4 Å². The highest BCUT2D eigenvalue weighted by molar-refractivity contribution is 5.72. The number of cyclic esters (lactones) is 1. The van der Waals surface area contributed by atoms with E-state index in [4.69, 9.17) is 38.9 Å². The predicted molar refractivity (Wildman–Crippen MR) is 111 cm³/mol. The van der Waals surface area contributed by atoms with Gasteiger partial charge in [0.05, 0.1) is 6.54 Å². The minimum Gasteiger partial charge on any atom is -0.463 e. The van der Waals surface area contributed by atoms with Crippen molar-refractivity contribution < 1.29 is 38.0 Å². The molecule has 5 atom stereocenters. The fraction of sp³-hybridized carbons (Fsp3) is 0.591. The summed E-state index contributed by atoms with van der Waals surface area (Å²) >= 11 is 0. The van der Waals surface area contributed by atoms with Gasteiger partial charge in [-0.15, -0.1) is 0 Å². The van der Waals surface area contributed by atoms with E-state index in [0.29, 0.717) is 5.76 Å². The molecular formula is C22H30N2O8. The van der Waals surface area contributed by atoms with Crippen LogP contribution in [0.5, 0.6) is 0 Å². The second-order valence-corrected chi connectivity index (χ2v) is 8.14. The normalized spacial score (nSPS) is 37.2. The van der Waals surface area contributed by atoms with Crippen LogP contribution in [0.2, 0.25) is 0 Å². The van der Waals surface area contributed by atoms with Gasteiger partial charge in [-0.1, -0.05) is 18.2 Å². The predicted octanol–water partition coefficient (Wildman–Crippen LogP) is 2.24. The molecule has 1 aliphatic carbocycles. The molecule has 0 radical (unpaired) electrons. The van der Waals surface area contributed by atoms with Gasteiger partial charge in [-0.2, -0.15) is 0 Å². The summed E-state index contributed by atoms with van der Waals surface area (Å²) in [6.07, 6.45) is 8.10. The zero-order chi connectivity index (χ0) is 22.9. The SMILES string of the molecule is CO[C@@]1(C)O[C@H]([C@@H]2CN(C3=COC=C(C4=CC=CCC4)O3)C(=O)O2)[C@@H](CN)O[C@]1(C)OC. The van der Waals surface area contributed by atoms with Crippen molar-refractivity contribution >= 4 is 6.09 Å². The second kappa shape index (κ2) is 8.87. The number of amides is 1. The van der Waals surface area contributed by atoms with Crippen LogP contribution < -0.4 is 5.73 Å². The Hall–Kier alpha value is -2.37. The van der Waals surface area contributed by atoms with Gasteiger partial charge in [0.15, 0.2) is 18.1 Å². The molecule has 0 spiro atoms. The lowest BCUT2D eigenvalue weighted by Crippen LogP contribution is -2.68. The summed E-state index contributed by atoms with van der Waals surface area (Å²) in [7, 11) is 3.00. The van der Waals surface area contributed by atoms with E-state index in [9.17, 15) is 4.79 Å². The van der Waals surface area contributed by atoms with Crippen LogP contribution in [0.1, 0.15) is 26.7 Å². The van der Waals surface area contributed by atoms with Crippen molar-refractivity contribution in [2.45, 2.75) is 56.6 Å². The molecule has 0 bridgehead atoms. The average molecular weight is 450 g/mol. The highest BCUT2D eigenvalue weighted by Crippen LogP contribution is 2.41. The summed E-state index contributed by atoms with van der Waals surface area (Å²) in [5, 5.41) is 0. The van der Waals surface area contributed by atoms with Crippen molar-refractivity contribution in [1.82, 2.24) is 4.90 Å². The van der Waals surface area contributed by atoms with E-state index in [2.05, 4.69) is 6.08 Å². The summed E-state index contributed by atoms with van der Waals surface area (Å²) in [4.78, 5) is 14.1. The van der Waals surface area contributed by atoms with Crippen LogP contribution in [0.25, 0.3) is 0 Å². The smallest absolute Gasteiger partial charge is 0.417 e. The fourth-order valence-corrected chi connectivity index (χ4v) is 4.09. The highest BCUT2D eigenvalue weighted by atomic mass is 16.8. The quantitative estimate of drug-likeness (QED) is 0.651. The third-order valence-electron chi connectivity index (χ3n) is 6.30. The first kappa shape index (κ1) is 22.8. The number of carbonyl (C=O) groups is 1. The Bertz CT molecular complexity index is 868. The third-order valence-corrected chi connectivity index (χ3v) is 6.30. The first-order chi connectivity index (χ1) is 15.3. The monoisotopic (exact) mass is 450 g/mol. The third kappa shape index (κ3) is 3.93. The molecule has 0 aromatic heterocycles. The first-order valence-corrected chi connectivity index (χ1v) is 10.6. The lowest BCUT2D eigenvalue weighted by molar-refractivity contribution is -0.451. The Balaban J connectivity index is 1.49. The van der Waals surface area contributed by atoms with Gasteiger partial charge in [0.1, 0.15) is 18.5 Å². The molecule has 4 rings (SSSR count). The molecule has 32 heavy (non-hydrogen) atoms. The first-order valence-electron chi connectivity index (χ1n) is 10.6. The van der Waals surface area contributed by atoms with Crippen molar-refractivity contribution in [3.63, 3.8) is 0 Å². The van der Waals surface area contributed by atoms with Gasteiger partial charge >= 0.3 is 6.09 Å². The molecule has 3 aliphatic heterocycles. The number of methoxy groups -OCH3 is 2. The zero-order valence-electron chi connectivity index (χ0n) is 18.7. The minimum atomic E-state index is -1.25. The summed E-state index contributed by atoms with van der Waals surface area (Å²) in [6, 6.07) is 0. The number of hydrogen-bond acceptors (Lipinski definition) is 9. The highest BCUT2D eigenvalue weighted by Gasteiger charge is 2.59. The number of carbonyl (C=O) groups excluding carboxylic acids is 1. The van der Waals surface area contributed by atoms with Crippen molar-refractivity contribution in [3.8, 4) is 0 Å². The summed E-state index contributed by atoms with van der Waals surface area (Å²) in [5.41, 5.74) is 6.94. The summed E-state index contributed by atoms with van der Waals surface area (Å²) < 4.78 is 40.5. The molecule has 10 heteroatoms. The van der Waals surface area contributed by atoms with Gasteiger partial charge in [0.2, 0.25) is 17.5 Å². The summed E-state index contributed by atoms with van der Waals surface area (Å²) in [5.74, 6) is -1.65. The molecule has 4 aliphatic rings. The Labute approximate surface area is 187 Å². The van der Waals surface area contributed by atoms with E-state index >= 15 is 0 Å². The Morgan fingerprint density at radius 1 is 1.19 bits per heavy atom. The molecule has 0 aromatic carbocycles. The Morgan fingerprint density at radius 3 is 2.59 bits per heavy atom. The maximum atomic E-state index is 12.7. The molecule has 0 unspecified atom stereocenters. The van der Waals surface area contributed by atoms with Crippen LogP contribution >= 0.6 is 0 Å². The van der Waals surface area contributed by atoms with Crippen LogP contribution in [0.15, 0.2) is 48.0 Å². The number of ether oxygens (including phenoxy) is 7. The lowest BCUT2D eigenvalue weighted by Gasteiger charge is -2.52. The van der Waals surface area contributed by atoms with Gasteiger partial charge in [0.25, 0.3) is 0 Å². The van der Waals surface area contributed by atoms with Crippen LogP contribution in [0.4, 0.5) is 4.79 Å². The van der Waals surface area contributed by atoms with Crippen LogP contribution in [-0.4, -0.2) is 68.2 Å². The lowest BCUT2D eigenvalue weighted by atomic mass is 10.00. The van der Waals surface area contributed by atoms with Crippen molar-refractivity contribution in [1.29, 1.82) is 0 Å². The number of nitrogens with two attached hydrogens (primary N) is 1. The molecule has 10 nitrogen and oxygen atoms in total. The molecule has 0 saturated carbocycles. The molecule has 0 aromatic rings. The van der Waals surface area contributed by atoms with Crippen molar-refractivity contribution in [2.24, 2.45) is 5.73 Å². The van der Waals surface area contributed by atoms with Crippen molar-refractivity contribution in [3.05, 3.63) is 48.0 Å². The second-order valence-electron chi connectivity index (χ2n) is 8.14. The van der Waals surface area contributed by atoms with E-state index in [1.807, 2.05) is 12.2 Å². The average Bonchev–Trinajstić information content (AvgIpc) is 3.22. The van der Waals surface area contributed by atoms with Crippen LogP contribution in [-0.2, 0) is 33.2 Å². The molecular weight excluding hydrogens is 420 g/mol. The fourth-order valence-electron chi connectivity index (χ4n) is 4.09. The summed E-state index contributed by atoms with van der Waals surface area (Å²) in [6.45, 7) is 3.71. The molecule has 2 N–H and O–H groups in total. The standard InChI is InChI=1S/C22H30N2O8/c1-21(26-3)22(2,27-4)32-19(15(10-23)31-21)16-11-24(20(25)30-16)18-13-28-12-17(29-18)14-8-6-5-7-9-14/h5-6,8,12-13,15-16,19H,7,9-11,23H2,1-4H3/t15-,16+,19+,21+,22+/m1/s1. The van der Waals surface area contributed by atoms with Crippen LogP contribution in [0, 0.1) is 0 Å². The van der Waals surface area contributed by atoms with Gasteiger partial charge in [-0.25, -0.2) is 9.69 Å². The molecule has 2 saturated heterocycles. The molecule has 1 amide bonds. The Kier molecular flexibility index (Phi) is 6.33. The molecule has 2 fully saturated rings. The minimum absolute atomic E-state index is 0.133.